The van der Waals surface area contributed by atoms with Crippen LogP contribution < -0.4 is 9.47 Å². The lowest BCUT2D eigenvalue weighted by Crippen LogP contribution is -2.35. The van der Waals surface area contributed by atoms with Crippen molar-refractivity contribution in [3.63, 3.8) is 0 Å². The molecule has 3 atom stereocenters. The Morgan fingerprint density at radius 1 is 1.13 bits per heavy atom. The molecule has 1 aromatic carbocycles. The van der Waals surface area contributed by atoms with Crippen LogP contribution in [0.15, 0.2) is 18.2 Å². The fourth-order valence-corrected chi connectivity index (χ4v) is 3.42. The summed E-state index contributed by atoms with van der Waals surface area (Å²) in [6, 6.07) is 5.14. The molecule has 3 unspecified atom stereocenters. The van der Waals surface area contributed by atoms with Crippen LogP contribution in [0.3, 0.4) is 0 Å². The molecular weight excluding hydrogens is 292 g/mol. The van der Waals surface area contributed by atoms with E-state index in [9.17, 15) is 4.79 Å². The monoisotopic (exact) mass is 320 g/mol. The molecule has 0 spiro atoms. The largest absolute Gasteiger partial charge is 0.493 e. The maximum Gasteiger partial charge on any atom is 0.338 e. The molecule has 2 rings (SSSR count). The molecule has 1 aliphatic rings. The average Bonchev–Trinajstić information content (AvgIpc) is 2.53. The van der Waals surface area contributed by atoms with Crippen molar-refractivity contribution in [2.75, 3.05) is 14.2 Å². The number of ether oxygens (including phenoxy) is 3. The molecular formula is C19H28O4. The standard InChI is InChI=1S/C19H28O4/c1-12(2)15-8-6-13(3)10-17(15)23-19(20)14-7-9-16(21-4)18(11-14)22-5/h7,9,11-13,15,17H,6,8,10H2,1-5H3. The molecule has 0 amide bonds. The van der Waals surface area contributed by atoms with Crippen LogP contribution in [0.1, 0.15) is 50.4 Å². The molecule has 0 N–H and O–H groups in total. The first kappa shape index (κ1) is 17.6. The van der Waals surface area contributed by atoms with Crippen molar-refractivity contribution in [3.8, 4) is 11.5 Å². The molecule has 128 valence electrons. The van der Waals surface area contributed by atoms with Gasteiger partial charge in [-0.2, -0.15) is 0 Å². The normalized spacial score (nSPS) is 24.3. The lowest BCUT2D eigenvalue weighted by atomic mass is 9.75. The summed E-state index contributed by atoms with van der Waals surface area (Å²) >= 11 is 0. The highest BCUT2D eigenvalue weighted by Gasteiger charge is 2.33. The van der Waals surface area contributed by atoms with Gasteiger partial charge >= 0.3 is 5.97 Å². The zero-order valence-corrected chi connectivity index (χ0v) is 14.8. The number of carbonyl (C=O) groups excluding carboxylic acids is 1. The minimum absolute atomic E-state index is 0.000605. The van der Waals surface area contributed by atoms with Crippen molar-refractivity contribution in [3.05, 3.63) is 23.8 Å². The third-order valence-corrected chi connectivity index (χ3v) is 4.84. The highest BCUT2D eigenvalue weighted by atomic mass is 16.5. The van der Waals surface area contributed by atoms with E-state index in [-0.39, 0.29) is 12.1 Å². The number of hydrogen-bond acceptors (Lipinski definition) is 4. The van der Waals surface area contributed by atoms with Gasteiger partial charge < -0.3 is 14.2 Å². The SMILES string of the molecule is COc1ccc(C(=O)OC2CC(C)CCC2C(C)C)cc1OC. The van der Waals surface area contributed by atoms with E-state index in [1.54, 1.807) is 32.4 Å². The molecule has 1 saturated carbocycles. The summed E-state index contributed by atoms with van der Waals surface area (Å²) in [5.74, 6) is 2.43. The van der Waals surface area contributed by atoms with Crippen LogP contribution >= 0.6 is 0 Å². The number of rotatable bonds is 5. The minimum atomic E-state index is -0.282. The molecule has 1 aliphatic carbocycles. The molecule has 0 saturated heterocycles. The molecule has 1 fully saturated rings. The quantitative estimate of drug-likeness (QED) is 0.758. The van der Waals surface area contributed by atoms with Gasteiger partial charge in [0.25, 0.3) is 0 Å². The second kappa shape index (κ2) is 7.71. The molecule has 0 bridgehead atoms. The molecule has 0 aromatic heterocycles. The average molecular weight is 320 g/mol. The molecule has 23 heavy (non-hydrogen) atoms. The van der Waals surface area contributed by atoms with Crippen molar-refractivity contribution in [1.29, 1.82) is 0 Å². The van der Waals surface area contributed by atoms with Crippen molar-refractivity contribution < 1.29 is 19.0 Å². The van der Waals surface area contributed by atoms with Gasteiger partial charge in [-0.05, 0) is 48.8 Å². The number of carbonyl (C=O) groups is 1. The van der Waals surface area contributed by atoms with Crippen LogP contribution in [0, 0.1) is 17.8 Å². The number of benzene rings is 1. The summed E-state index contributed by atoms with van der Waals surface area (Å²) in [4.78, 5) is 12.5. The fourth-order valence-electron chi connectivity index (χ4n) is 3.42. The molecule has 4 heteroatoms. The van der Waals surface area contributed by atoms with E-state index < -0.39 is 0 Å². The Bertz CT molecular complexity index is 538. The minimum Gasteiger partial charge on any atom is -0.493 e. The molecule has 0 radical (unpaired) electrons. The van der Waals surface area contributed by atoms with E-state index in [0.717, 1.165) is 12.8 Å². The second-order valence-corrected chi connectivity index (χ2v) is 6.84. The topological polar surface area (TPSA) is 44.8 Å². The van der Waals surface area contributed by atoms with Gasteiger partial charge in [0, 0.05) is 0 Å². The van der Waals surface area contributed by atoms with Crippen molar-refractivity contribution in [2.24, 2.45) is 17.8 Å². The molecule has 0 aliphatic heterocycles. The first-order chi connectivity index (χ1) is 11.0. The summed E-state index contributed by atoms with van der Waals surface area (Å²) in [7, 11) is 3.14. The van der Waals surface area contributed by atoms with E-state index in [1.165, 1.54) is 6.42 Å². The van der Waals surface area contributed by atoms with Gasteiger partial charge in [-0.25, -0.2) is 4.79 Å². The fraction of sp³-hybridized carbons (Fsp3) is 0.632. The molecule has 1 aromatic rings. The van der Waals surface area contributed by atoms with E-state index >= 15 is 0 Å². The van der Waals surface area contributed by atoms with E-state index in [4.69, 9.17) is 14.2 Å². The van der Waals surface area contributed by atoms with Crippen LogP contribution in [0.25, 0.3) is 0 Å². The van der Waals surface area contributed by atoms with Crippen molar-refractivity contribution >= 4 is 5.97 Å². The summed E-state index contributed by atoms with van der Waals surface area (Å²) in [6.45, 7) is 6.64. The van der Waals surface area contributed by atoms with E-state index in [0.29, 0.717) is 34.8 Å². The highest BCUT2D eigenvalue weighted by Crippen LogP contribution is 2.36. The van der Waals surface area contributed by atoms with Crippen LogP contribution in [0.4, 0.5) is 0 Å². The van der Waals surface area contributed by atoms with Crippen LogP contribution in [0.5, 0.6) is 11.5 Å². The zero-order chi connectivity index (χ0) is 17.0. The molecule has 4 nitrogen and oxygen atoms in total. The molecule has 0 heterocycles. The Kier molecular flexibility index (Phi) is 5.91. The zero-order valence-electron chi connectivity index (χ0n) is 14.8. The van der Waals surface area contributed by atoms with E-state index in [1.807, 2.05) is 0 Å². The van der Waals surface area contributed by atoms with Gasteiger partial charge in [0.15, 0.2) is 11.5 Å². The number of methoxy groups -OCH3 is 2. The second-order valence-electron chi connectivity index (χ2n) is 6.84. The van der Waals surface area contributed by atoms with Crippen LogP contribution in [-0.2, 0) is 4.74 Å². The maximum atomic E-state index is 12.5. The lowest BCUT2D eigenvalue weighted by molar-refractivity contribution is -0.0174. The van der Waals surface area contributed by atoms with Gasteiger partial charge in [0.05, 0.1) is 19.8 Å². The van der Waals surface area contributed by atoms with Gasteiger partial charge in [0.2, 0.25) is 0 Å². The van der Waals surface area contributed by atoms with Crippen molar-refractivity contribution in [2.45, 2.75) is 46.1 Å². The highest BCUT2D eigenvalue weighted by molar-refractivity contribution is 5.90. The predicted molar refractivity (Wildman–Crippen MR) is 90.1 cm³/mol. The van der Waals surface area contributed by atoms with Gasteiger partial charge in [-0.1, -0.05) is 27.2 Å². The van der Waals surface area contributed by atoms with Gasteiger partial charge in [-0.3, -0.25) is 0 Å². The third-order valence-electron chi connectivity index (χ3n) is 4.84. The first-order valence-corrected chi connectivity index (χ1v) is 8.39. The Morgan fingerprint density at radius 2 is 1.83 bits per heavy atom. The first-order valence-electron chi connectivity index (χ1n) is 8.39. The van der Waals surface area contributed by atoms with Gasteiger partial charge in [0.1, 0.15) is 6.10 Å². The Morgan fingerprint density at radius 3 is 2.43 bits per heavy atom. The van der Waals surface area contributed by atoms with Crippen LogP contribution in [-0.4, -0.2) is 26.3 Å². The Labute approximate surface area is 139 Å². The summed E-state index contributed by atoms with van der Waals surface area (Å²) in [5.41, 5.74) is 0.503. The predicted octanol–water partition coefficient (Wildman–Crippen LogP) is 4.32. The Hall–Kier alpha value is -1.71. The van der Waals surface area contributed by atoms with Crippen molar-refractivity contribution in [1.82, 2.24) is 0 Å². The summed E-state index contributed by atoms with van der Waals surface area (Å²) < 4.78 is 16.3. The number of hydrogen-bond donors (Lipinski definition) is 0. The smallest absolute Gasteiger partial charge is 0.338 e. The van der Waals surface area contributed by atoms with Crippen LogP contribution in [0.2, 0.25) is 0 Å². The van der Waals surface area contributed by atoms with Gasteiger partial charge in [-0.15, -0.1) is 0 Å². The maximum absolute atomic E-state index is 12.5. The number of esters is 1. The Balaban J connectivity index is 2.13. The summed E-state index contributed by atoms with van der Waals surface area (Å²) in [5, 5.41) is 0. The third kappa shape index (κ3) is 4.18. The summed E-state index contributed by atoms with van der Waals surface area (Å²) in [6.07, 6.45) is 3.29. The lowest BCUT2D eigenvalue weighted by Gasteiger charge is -2.36. The van der Waals surface area contributed by atoms with E-state index in [2.05, 4.69) is 20.8 Å².